The smallest absolute Gasteiger partial charge is 0.139 e. The van der Waals surface area contributed by atoms with E-state index in [0.29, 0.717) is 5.75 Å². The summed E-state index contributed by atoms with van der Waals surface area (Å²) >= 11 is 0. The number of benzene rings is 1. The highest BCUT2D eigenvalue weighted by Gasteiger charge is 2.32. The molecule has 1 aromatic rings. The summed E-state index contributed by atoms with van der Waals surface area (Å²) in [6.07, 6.45) is -6.60. The average molecular weight is 270 g/mol. The summed E-state index contributed by atoms with van der Waals surface area (Å²) in [5, 5.41) is 46.6. The first kappa shape index (κ1) is 15.6. The molecule has 4 unspecified atom stereocenters. The van der Waals surface area contributed by atoms with Crippen LogP contribution in [0.4, 0.5) is 0 Å². The van der Waals surface area contributed by atoms with Gasteiger partial charge in [0.15, 0.2) is 0 Å². The molecule has 0 fully saturated rings. The molecule has 1 rings (SSSR count). The van der Waals surface area contributed by atoms with Gasteiger partial charge in [0, 0.05) is 0 Å². The van der Waals surface area contributed by atoms with Crippen molar-refractivity contribution in [2.75, 3.05) is 6.61 Å². The Kier molecular flexibility index (Phi) is 5.94. The lowest BCUT2D eigenvalue weighted by atomic mass is 10.0. The Hall–Kier alpha value is -1.44. The van der Waals surface area contributed by atoms with Gasteiger partial charge in [-0.1, -0.05) is 24.8 Å². The summed E-state index contributed by atoms with van der Waals surface area (Å²) in [6, 6.07) is 8.47. The minimum absolute atomic E-state index is 0.178. The van der Waals surface area contributed by atoms with Gasteiger partial charge >= 0.3 is 0 Å². The maximum atomic E-state index is 9.74. The van der Waals surface area contributed by atoms with Crippen LogP contribution in [0.25, 0.3) is 0 Å². The van der Waals surface area contributed by atoms with Gasteiger partial charge in [0.2, 0.25) is 0 Å². The predicted molar refractivity (Wildman–Crippen MR) is 67.3 cm³/mol. The van der Waals surface area contributed by atoms with Gasteiger partial charge in [-0.15, -0.1) is 0 Å². The monoisotopic (exact) mass is 270 g/mol. The van der Waals surface area contributed by atoms with Crippen LogP contribution in [0, 0.1) is 0 Å². The third-order valence-corrected chi connectivity index (χ3v) is 2.58. The molecule has 0 amide bonds. The maximum Gasteiger partial charge on any atom is 0.139 e. The van der Waals surface area contributed by atoms with Crippen LogP contribution >= 0.6 is 0 Å². The van der Waals surface area contributed by atoms with E-state index >= 15 is 0 Å². The molecule has 0 bridgehead atoms. The fourth-order valence-corrected chi connectivity index (χ4v) is 1.41. The summed E-state index contributed by atoms with van der Waals surface area (Å²) in [5.41, 5.74) is 0. The van der Waals surface area contributed by atoms with E-state index in [1.54, 1.807) is 30.3 Å². The van der Waals surface area contributed by atoms with Crippen LogP contribution in [0.2, 0.25) is 0 Å². The molecule has 1 aromatic carbocycles. The van der Waals surface area contributed by atoms with E-state index in [2.05, 4.69) is 6.58 Å². The van der Waals surface area contributed by atoms with Crippen molar-refractivity contribution in [2.24, 2.45) is 0 Å². The van der Waals surface area contributed by atoms with Crippen molar-refractivity contribution in [2.45, 2.75) is 24.4 Å². The molecule has 0 heterocycles. The standard InChI is InChI=1S/C13H18O6/c1-8(19-9-5-3-2-4-6-9)11(16)13(18)12(17)10(15)7-14/h2-6,10-18H,1,7H2. The Morgan fingerprint density at radius 3 is 2.16 bits per heavy atom. The van der Waals surface area contributed by atoms with Crippen LogP contribution in [0.3, 0.4) is 0 Å². The molecule has 0 saturated heterocycles. The van der Waals surface area contributed by atoms with Crippen molar-refractivity contribution < 1.29 is 30.3 Å². The third kappa shape index (κ3) is 4.30. The molecule has 0 saturated carbocycles. The molecule has 0 radical (unpaired) electrons. The van der Waals surface area contributed by atoms with Gasteiger partial charge < -0.3 is 30.3 Å². The van der Waals surface area contributed by atoms with E-state index in [0.717, 1.165) is 0 Å². The Balaban J connectivity index is 2.61. The highest BCUT2D eigenvalue weighted by atomic mass is 16.5. The van der Waals surface area contributed by atoms with Gasteiger partial charge in [-0.05, 0) is 12.1 Å². The second kappa shape index (κ2) is 7.22. The molecule has 0 aliphatic carbocycles. The van der Waals surface area contributed by atoms with Crippen LogP contribution in [0.15, 0.2) is 42.7 Å². The van der Waals surface area contributed by atoms with Crippen LogP contribution in [-0.2, 0) is 0 Å². The first-order valence-electron chi connectivity index (χ1n) is 5.72. The van der Waals surface area contributed by atoms with E-state index in [1.807, 2.05) is 0 Å². The van der Waals surface area contributed by atoms with E-state index in [1.165, 1.54) is 0 Å². The summed E-state index contributed by atoms with van der Waals surface area (Å²) in [6.45, 7) is 2.71. The van der Waals surface area contributed by atoms with Gasteiger partial charge in [-0.2, -0.15) is 0 Å². The predicted octanol–water partition coefficient (Wildman–Crippen LogP) is -0.985. The lowest BCUT2D eigenvalue weighted by Gasteiger charge is -2.26. The number of para-hydroxylation sites is 1. The fraction of sp³-hybridized carbons (Fsp3) is 0.385. The van der Waals surface area contributed by atoms with Crippen molar-refractivity contribution in [3.05, 3.63) is 42.7 Å². The van der Waals surface area contributed by atoms with Gasteiger partial charge in [0.1, 0.15) is 35.9 Å². The number of rotatable bonds is 7. The maximum absolute atomic E-state index is 9.74. The summed E-state index contributed by atoms with van der Waals surface area (Å²) in [7, 11) is 0. The normalized spacial score (nSPS) is 17.3. The van der Waals surface area contributed by atoms with Gasteiger partial charge in [-0.25, -0.2) is 0 Å². The van der Waals surface area contributed by atoms with Crippen LogP contribution in [-0.4, -0.2) is 56.6 Å². The molecule has 19 heavy (non-hydrogen) atoms. The lowest BCUT2D eigenvalue weighted by molar-refractivity contribution is -0.111. The summed E-state index contributed by atoms with van der Waals surface area (Å²) in [5.74, 6) is 0.235. The lowest BCUT2D eigenvalue weighted by Crippen LogP contribution is -2.46. The van der Waals surface area contributed by atoms with Crippen LogP contribution in [0.5, 0.6) is 5.75 Å². The van der Waals surface area contributed by atoms with Crippen molar-refractivity contribution >= 4 is 0 Å². The highest BCUT2D eigenvalue weighted by molar-refractivity contribution is 5.23. The minimum atomic E-state index is -1.72. The van der Waals surface area contributed by atoms with Crippen LogP contribution in [0.1, 0.15) is 0 Å². The van der Waals surface area contributed by atoms with Gasteiger partial charge in [0.25, 0.3) is 0 Å². The number of aliphatic hydroxyl groups excluding tert-OH is 5. The first-order chi connectivity index (χ1) is 8.97. The molecular formula is C13H18O6. The van der Waals surface area contributed by atoms with Crippen molar-refractivity contribution in [3.63, 3.8) is 0 Å². The molecular weight excluding hydrogens is 252 g/mol. The SMILES string of the molecule is C=C(Oc1ccccc1)C(O)C(O)C(O)C(O)CO. The molecule has 0 aromatic heterocycles. The van der Waals surface area contributed by atoms with Crippen molar-refractivity contribution in [3.8, 4) is 5.75 Å². The molecule has 0 aliphatic rings. The zero-order chi connectivity index (χ0) is 14.4. The van der Waals surface area contributed by atoms with Crippen LogP contribution < -0.4 is 4.74 Å². The molecule has 6 heteroatoms. The molecule has 5 N–H and O–H groups in total. The van der Waals surface area contributed by atoms with Crippen molar-refractivity contribution in [1.82, 2.24) is 0 Å². The van der Waals surface area contributed by atoms with E-state index in [9.17, 15) is 20.4 Å². The minimum Gasteiger partial charge on any atom is -0.459 e. The van der Waals surface area contributed by atoms with Gasteiger partial charge in [0.05, 0.1) is 6.61 Å². The van der Waals surface area contributed by atoms with Gasteiger partial charge in [-0.3, -0.25) is 0 Å². The third-order valence-electron chi connectivity index (χ3n) is 2.58. The van der Waals surface area contributed by atoms with Crippen molar-refractivity contribution in [1.29, 1.82) is 0 Å². The Labute approximate surface area is 110 Å². The zero-order valence-corrected chi connectivity index (χ0v) is 10.3. The zero-order valence-electron chi connectivity index (χ0n) is 10.3. The van der Waals surface area contributed by atoms with E-state index in [4.69, 9.17) is 9.84 Å². The number of hydrogen-bond acceptors (Lipinski definition) is 6. The molecule has 0 spiro atoms. The summed E-state index contributed by atoms with van der Waals surface area (Å²) in [4.78, 5) is 0. The fourth-order valence-electron chi connectivity index (χ4n) is 1.41. The number of hydrogen-bond donors (Lipinski definition) is 5. The number of aliphatic hydroxyl groups is 5. The average Bonchev–Trinajstić information content (AvgIpc) is 2.44. The highest BCUT2D eigenvalue weighted by Crippen LogP contribution is 2.17. The molecule has 6 nitrogen and oxygen atoms in total. The summed E-state index contributed by atoms with van der Waals surface area (Å²) < 4.78 is 5.20. The topological polar surface area (TPSA) is 110 Å². The second-order valence-corrected chi connectivity index (χ2v) is 4.06. The Morgan fingerprint density at radius 2 is 1.63 bits per heavy atom. The Morgan fingerprint density at radius 1 is 1.05 bits per heavy atom. The number of ether oxygens (including phenoxy) is 1. The largest absolute Gasteiger partial charge is 0.459 e. The molecule has 4 atom stereocenters. The Bertz CT molecular complexity index is 393. The van der Waals surface area contributed by atoms with E-state index < -0.39 is 31.0 Å². The molecule has 106 valence electrons. The quantitative estimate of drug-likeness (QED) is 0.407. The second-order valence-electron chi connectivity index (χ2n) is 4.06. The van der Waals surface area contributed by atoms with E-state index in [-0.39, 0.29) is 5.76 Å². The first-order valence-corrected chi connectivity index (χ1v) is 5.72. The molecule has 0 aliphatic heterocycles.